The molecule has 5 atom stereocenters. The van der Waals surface area contributed by atoms with E-state index in [4.69, 9.17) is 4.74 Å². The minimum absolute atomic E-state index is 0.103. The zero-order chi connectivity index (χ0) is 9.00. The lowest BCUT2D eigenvalue weighted by molar-refractivity contribution is -0.144. The molecule has 1 aliphatic heterocycles. The van der Waals surface area contributed by atoms with Crippen molar-refractivity contribution in [3.63, 3.8) is 0 Å². The molecular formula is C11H16O2. The van der Waals surface area contributed by atoms with Crippen LogP contribution in [0.2, 0.25) is 0 Å². The molecule has 4 fully saturated rings. The standard InChI is InChI=1S/C11H16O2/c1-6-4-7-2-3-8(6)9-5-13-11(12)10(7)9/h6-10H,2-5H2,1H3/t6-,7?,8?,9?,10?/m1/s1. The van der Waals surface area contributed by atoms with E-state index in [2.05, 4.69) is 6.92 Å². The van der Waals surface area contributed by atoms with Crippen molar-refractivity contribution in [2.24, 2.45) is 29.6 Å². The summed E-state index contributed by atoms with van der Waals surface area (Å²) in [6.45, 7) is 3.06. The summed E-state index contributed by atoms with van der Waals surface area (Å²) in [5.41, 5.74) is 0. The largest absolute Gasteiger partial charge is 0.465 e. The van der Waals surface area contributed by atoms with Crippen molar-refractivity contribution in [1.82, 2.24) is 0 Å². The van der Waals surface area contributed by atoms with Gasteiger partial charge in [-0.05, 0) is 37.0 Å². The molecule has 1 heterocycles. The number of hydrogen-bond acceptors (Lipinski definition) is 2. The van der Waals surface area contributed by atoms with Gasteiger partial charge in [0.2, 0.25) is 0 Å². The summed E-state index contributed by atoms with van der Waals surface area (Å²) >= 11 is 0. The lowest BCUT2D eigenvalue weighted by Gasteiger charge is -2.47. The predicted octanol–water partition coefficient (Wildman–Crippen LogP) is 1.84. The number of carbonyl (C=O) groups is 1. The van der Waals surface area contributed by atoms with Crippen molar-refractivity contribution < 1.29 is 9.53 Å². The molecule has 4 rings (SSSR count). The smallest absolute Gasteiger partial charge is 0.309 e. The molecule has 1 saturated heterocycles. The molecule has 3 aliphatic carbocycles. The number of fused-ring (bicyclic) bond motifs is 2. The van der Waals surface area contributed by atoms with Crippen molar-refractivity contribution in [3.05, 3.63) is 0 Å². The first kappa shape index (κ1) is 7.84. The highest BCUT2D eigenvalue weighted by atomic mass is 16.5. The van der Waals surface area contributed by atoms with Gasteiger partial charge in [0, 0.05) is 5.92 Å². The van der Waals surface area contributed by atoms with Gasteiger partial charge in [0.1, 0.15) is 0 Å². The van der Waals surface area contributed by atoms with Gasteiger partial charge in [-0.25, -0.2) is 0 Å². The number of rotatable bonds is 0. The summed E-state index contributed by atoms with van der Waals surface area (Å²) < 4.78 is 5.19. The van der Waals surface area contributed by atoms with Crippen LogP contribution in [-0.4, -0.2) is 12.6 Å². The zero-order valence-corrected chi connectivity index (χ0v) is 8.03. The van der Waals surface area contributed by atoms with E-state index in [-0.39, 0.29) is 11.9 Å². The first-order valence-electron chi connectivity index (χ1n) is 5.44. The molecule has 0 N–H and O–H groups in total. The van der Waals surface area contributed by atoms with E-state index in [1.807, 2.05) is 0 Å². The van der Waals surface area contributed by atoms with Crippen LogP contribution in [0.3, 0.4) is 0 Å². The molecule has 13 heavy (non-hydrogen) atoms. The zero-order valence-electron chi connectivity index (χ0n) is 8.03. The van der Waals surface area contributed by atoms with E-state index in [1.165, 1.54) is 19.3 Å². The topological polar surface area (TPSA) is 26.3 Å². The molecule has 4 unspecified atom stereocenters. The molecule has 0 radical (unpaired) electrons. The Morgan fingerprint density at radius 2 is 2.15 bits per heavy atom. The van der Waals surface area contributed by atoms with E-state index in [0.717, 1.165) is 18.4 Å². The molecule has 0 aromatic carbocycles. The molecule has 0 aromatic heterocycles. The summed E-state index contributed by atoms with van der Waals surface area (Å²) in [6.07, 6.45) is 3.87. The van der Waals surface area contributed by atoms with Gasteiger partial charge in [0.15, 0.2) is 0 Å². The third-order valence-corrected chi connectivity index (χ3v) is 4.49. The van der Waals surface area contributed by atoms with E-state index < -0.39 is 0 Å². The van der Waals surface area contributed by atoms with Crippen LogP contribution in [0.1, 0.15) is 26.2 Å². The minimum Gasteiger partial charge on any atom is -0.465 e. The van der Waals surface area contributed by atoms with Crippen LogP contribution >= 0.6 is 0 Å². The molecular weight excluding hydrogens is 164 g/mol. The summed E-state index contributed by atoms with van der Waals surface area (Å²) in [4.78, 5) is 11.5. The van der Waals surface area contributed by atoms with Crippen molar-refractivity contribution in [2.75, 3.05) is 6.61 Å². The molecule has 2 nitrogen and oxygen atoms in total. The van der Waals surface area contributed by atoms with Gasteiger partial charge in [-0.1, -0.05) is 6.92 Å². The van der Waals surface area contributed by atoms with Gasteiger partial charge in [0.05, 0.1) is 12.5 Å². The number of esters is 1. The van der Waals surface area contributed by atoms with Crippen LogP contribution in [0.15, 0.2) is 0 Å². The van der Waals surface area contributed by atoms with Gasteiger partial charge in [0.25, 0.3) is 0 Å². The Morgan fingerprint density at radius 3 is 2.92 bits per heavy atom. The Morgan fingerprint density at radius 1 is 1.31 bits per heavy atom. The van der Waals surface area contributed by atoms with Crippen LogP contribution in [-0.2, 0) is 9.53 Å². The number of carbonyl (C=O) groups excluding carboxylic acids is 1. The van der Waals surface area contributed by atoms with Crippen LogP contribution in [0.25, 0.3) is 0 Å². The monoisotopic (exact) mass is 180 g/mol. The van der Waals surface area contributed by atoms with Crippen LogP contribution in [0, 0.1) is 29.6 Å². The Balaban J connectivity index is 1.94. The van der Waals surface area contributed by atoms with Gasteiger partial charge >= 0.3 is 5.97 Å². The maximum absolute atomic E-state index is 11.5. The second kappa shape index (κ2) is 2.49. The molecule has 0 spiro atoms. The van der Waals surface area contributed by atoms with Crippen LogP contribution in [0.5, 0.6) is 0 Å². The quantitative estimate of drug-likeness (QED) is 0.532. The van der Waals surface area contributed by atoms with E-state index in [1.54, 1.807) is 0 Å². The fourth-order valence-electron chi connectivity index (χ4n) is 3.91. The molecule has 0 aromatic rings. The lowest BCUT2D eigenvalue weighted by atomic mass is 9.56. The Hall–Kier alpha value is -0.530. The molecule has 72 valence electrons. The van der Waals surface area contributed by atoms with Gasteiger partial charge in [-0.2, -0.15) is 0 Å². The Kier molecular flexibility index (Phi) is 1.50. The molecule has 2 heteroatoms. The average molecular weight is 180 g/mol. The minimum atomic E-state index is 0.103. The number of hydrogen-bond donors (Lipinski definition) is 0. The summed E-state index contributed by atoms with van der Waals surface area (Å²) in [7, 11) is 0. The van der Waals surface area contributed by atoms with Gasteiger partial charge in [-0.15, -0.1) is 0 Å². The van der Waals surface area contributed by atoms with Crippen LogP contribution < -0.4 is 0 Å². The fourth-order valence-corrected chi connectivity index (χ4v) is 3.91. The van der Waals surface area contributed by atoms with Gasteiger partial charge < -0.3 is 4.74 Å². The summed E-state index contributed by atoms with van der Waals surface area (Å²) in [6, 6.07) is 0. The van der Waals surface area contributed by atoms with E-state index in [9.17, 15) is 4.79 Å². The van der Waals surface area contributed by atoms with Crippen molar-refractivity contribution in [2.45, 2.75) is 26.2 Å². The van der Waals surface area contributed by atoms with E-state index >= 15 is 0 Å². The lowest BCUT2D eigenvalue weighted by Crippen LogP contribution is -2.44. The maximum atomic E-state index is 11.5. The highest BCUT2D eigenvalue weighted by molar-refractivity contribution is 5.75. The summed E-state index contributed by atoms with van der Waals surface area (Å²) in [5, 5.41) is 0. The number of cyclic esters (lactones) is 1. The van der Waals surface area contributed by atoms with Crippen LogP contribution in [0.4, 0.5) is 0 Å². The second-order valence-electron chi connectivity index (χ2n) is 5.03. The predicted molar refractivity (Wildman–Crippen MR) is 47.9 cm³/mol. The molecule has 2 bridgehead atoms. The van der Waals surface area contributed by atoms with E-state index in [0.29, 0.717) is 11.8 Å². The highest BCUT2D eigenvalue weighted by Gasteiger charge is 2.53. The third kappa shape index (κ3) is 0.918. The van der Waals surface area contributed by atoms with Crippen molar-refractivity contribution >= 4 is 5.97 Å². The SMILES string of the molecule is C[C@@H]1CC2CCC1C1COC(=O)C21. The number of ether oxygens (including phenoxy) is 1. The Bertz CT molecular complexity index is 248. The molecule has 3 saturated carbocycles. The fraction of sp³-hybridized carbons (Fsp3) is 0.909. The third-order valence-electron chi connectivity index (χ3n) is 4.49. The first-order chi connectivity index (χ1) is 6.27. The average Bonchev–Trinajstić information content (AvgIpc) is 2.50. The first-order valence-corrected chi connectivity index (χ1v) is 5.44. The molecule has 0 amide bonds. The summed E-state index contributed by atoms with van der Waals surface area (Å²) in [5.74, 6) is 3.23. The Labute approximate surface area is 78.6 Å². The maximum Gasteiger partial charge on any atom is 0.309 e. The van der Waals surface area contributed by atoms with Crippen molar-refractivity contribution in [1.29, 1.82) is 0 Å². The second-order valence-corrected chi connectivity index (χ2v) is 5.03. The molecule has 4 aliphatic rings. The highest BCUT2D eigenvalue weighted by Crippen LogP contribution is 2.54. The van der Waals surface area contributed by atoms with Gasteiger partial charge in [-0.3, -0.25) is 4.79 Å². The normalized spacial score (nSPS) is 53.3. The van der Waals surface area contributed by atoms with Crippen molar-refractivity contribution in [3.8, 4) is 0 Å².